The molecule has 1 saturated carbocycles. The Morgan fingerprint density at radius 2 is 1.90 bits per heavy atom. The number of amides is 2. The lowest BCUT2D eigenvalue weighted by Crippen LogP contribution is -2.58. The maximum absolute atomic E-state index is 12.6. The average Bonchev–Trinajstić information content (AvgIpc) is 2.40. The van der Waals surface area contributed by atoms with E-state index < -0.39 is 12.0 Å². The summed E-state index contributed by atoms with van der Waals surface area (Å²) >= 11 is 0. The third-order valence-electron chi connectivity index (χ3n) is 5.25. The molecular weight excluding hydrogens is 268 g/mol. The number of aliphatic carboxylic acids is 1. The Kier molecular flexibility index (Phi) is 4.79. The highest BCUT2D eigenvalue weighted by atomic mass is 16.4. The Labute approximate surface area is 127 Å². The van der Waals surface area contributed by atoms with Crippen LogP contribution in [0.5, 0.6) is 0 Å². The summed E-state index contributed by atoms with van der Waals surface area (Å²) in [6.07, 6.45) is 6.18. The molecule has 1 saturated heterocycles. The van der Waals surface area contributed by atoms with Crippen molar-refractivity contribution in [2.24, 2.45) is 11.3 Å². The molecule has 120 valence electrons. The van der Waals surface area contributed by atoms with Crippen LogP contribution < -0.4 is 5.32 Å². The number of piperidine rings is 1. The number of urea groups is 1. The number of nitrogens with zero attached hydrogens (tertiary/aromatic N) is 1. The minimum atomic E-state index is -0.889. The second-order valence-electron chi connectivity index (χ2n) is 7.33. The van der Waals surface area contributed by atoms with Gasteiger partial charge in [0.05, 0.1) is 0 Å². The van der Waals surface area contributed by atoms with E-state index in [9.17, 15) is 14.7 Å². The van der Waals surface area contributed by atoms with Crippen LogP contribution in [0.3, 0.4) is 0 Å². The Balaban J connectivity index is 2.05. The number of rotatable bonds is 2. The van der Waals surface area contributed by atoms with E-state index in [-0.39, 0.29) is 23.4 Å². The van der Waals surface area contributed by atoms with Crippen LogP contribution in [0.1, 0.15) is 59.3 Å². The highest BCUT2D eigenvalue weighted by Gasteiger charge is 2.39. The van der Waals surface area contributed by atoms with E-state index in [2.05, 4.69) is 19.2 Å². The largest absolute Gasteiger partial charge is 0.480 e. The Hall–Kier alpha value is -1.26. The molecule has 0 aromatic rings. The standard InChI is InChI=1S/C16H28N2O3/c1-11-7-6-10-18(13(11)14(19)20)15(21)17-12-8-4-5-9-16(12,2)3/h11-13H,4-10H2,1-3H3,(H,17,21)(H,19,20). The van der Waals surface area contributed by atoms with Crippen LogP contribution in [0.15, 0.2) is 0 Å². The van der Waals surface area contributed by atoms with E-state index in [0.29, 0.717) is 6.54 Å². The van der Waals surface area contributed by atoms with Crippen LogP contribution in [0.4, 0.5) is 4.79 Å². The van der Waals surface area contributed by atoms with Crippen LogP contribution in [0.25, 0.3) is 0 Å². The SMILES string of the molecule is CC1CCCN(C(=O)NC2CCCCC2(C)C)C1C(=O)O. The highest BCUT2D eigenvalue weighted by Crippen LogP contribution is 2.35. The number of carboxylic acid groups (broad SMARTS) is 1. The van der Waals surface area contributed by atoms with Gasteiger partial charge in [0.25, 0.3) is 0 Å². The summed E-state index contributed by atoms with van der Waals surface area (Å²) in [5.41, 5.74) is 0.0913. The number of hydrogen-bond donors (Lipinski definition) is 2. The molecule has 0 aromatic carbocycles. The Morgan fingerprint density at radius 3 is 2.52 bits per heavy atom. The van der Waals surface area contributed by atoms with Crippen molar-refractivity contribution in [3.05, 3.63) is 0 Å². The first-order valence-electron chi connectivity index (χ1n) is 8.13. The monoisotopic (exact) mass is 296 g/mol. The summed E-state index contributed by atoms with van der Waals surface area (Å²) in [5.74, 6) is -0.873. The lowest BCUT2D eigenvalue weighted by molar-refractivity contribution is -0.145. The number of hydrogen-bond acceptors (Lipinski definition) is 2. The van der Waals surface area contributed by atoms with Crippen molar-refractivity contribution < 1.29 is 14.7 Å². The first-order valence-corrected chi connectivity index (χ1v) is 8.13. The normalized spacial score (nSPS) is 32.5. The van der Waals surface area contributed by atoms with Crippen LogP contribution in [0, 0.1) is 11.3 Å². The van der Waals surface area contributed by atoms with E-state index in [1.54, 1.807) is 0 Å². The number of nitrogens with one attached hydrogen (secondary N) is 1. The molecule has 0 bridgehead atoms. The molecule has 2 amide bonds. The smallest absolute Gasteiger partial charge is 0.326 e. The summed E-state index contributed by atoms with van der Waals surface area (Å²) in [5, 5.41) is 12.5. The van der Waals surface area contributed by atoms with Crippen molar-refractivity contribution in [1.82, 2.24) is 10.2 Å². The lowest BCUT2D eigenvalue weighted by Gasteiger charge is -2.42. The second kappa shape index (κ2) is 6.24. The van der Waals surface area contributed by atoms with Crippen LogP contribution in [-0.2, 0) is 4.79 Å². The molecule has 21 heavy (non-hydrogen) atoms. The predicted molar refractivity (Wildman–Crippen MR) is 81.1 cm³/mol. The molecule has 1 aliphatic heterocycles. The molecule has 0 radical (unpaired) electrons. The zero-order valence-corrected chi connectivity index (χ0v) is 13.4. The molecule has 2 fully saturated rings. The van der Waals surface area contributed by atoms with Gasteiger partial charge in [-0.1, -0.05) is 33.6 Å². The van der Waals surface area contributed by atoms with Crippen molar-refractivity contribution in [2.75, 3.05) is 6.54 Å². The van der Waals surface area contributed by atoms with Gasteiger partial charge in [0, 0.05) is 12.6 Å². The minimum Gasteiger partial charge on any atom is -0.480 e. The van der Waals surface area contributed by atoms with Crippen molar-refractivity contribution >= 4 is 12.0 Å². The maximum atomic E-state index is 12.6. The molecular formula is C16H28N2O3. The molecule has 2 N–H and O–H groups in total. The summed E-state index contributed by atoms with van der Waals surface area (Å²) in [4.78, 5) is 25.6. The van der Waals surface area contributed by atoms with Crippen LogP contribution in [-0.4, -0.2) is 40.6 Å². The predicted octanol–water partition coefficient (Wildman–Crippen LogP) is 2.85. The quantitative estimate of drug-likeness (QED) is 0.823. The third-order valence-corrected chi connectivity index (χ3v) is 5.25. The van der Waals surface area contributed by atoms with E-state index >= 15 is 0 Å². The lowest BCUT2D eigenvalue weighted by atomic mass is 9.73. The summed E-state index contributed by atoms with van der Waals surface area (Å²) in [7, 11) is 0. The molecule has 3 unspecified atom stereocenters. The molecule has 2 rings (SSSR count). The molecule has 1 aliphatic carbocycles. The van der Waals surface area contributed by atoms with E-state index in [0.717, 1.165) is 32.1 Å². The van der Waals surface area contributed by atoms with Gasteiger partial charge in [0.2, 0.25) is 0 Å². The molecule has 5 nitrogen and oxygen atoms in total. The van der Waals surface area contributed by atoms with Gasteiger partial charge in [-0.15, -0.1) is 0 Å². The third kappa shape index (κ3) is 3.50. The van der Waals surface area contributed by atoms with Crippen molar-refractivity contribution in [2.45, 2.75) is 71.4 Å². The minimum absolute atomic E-state index is 0.0152. The van der Waals surface area contributed by atoms with Gasteiger partial charge in [-0.3, -0.25) is 0 Å². The summed E-state index contributed by atoms with van der Waals surface area (Å²) < 4.78 is 0. The summed E-state index contributed by atoms with van der Waals surface area (Å²) in [6.45, 7) is 6.83. The Morgan fingerprint density at radius 1 is 1.19 bits per heavy atom. The van der Waals surface area contributed by atoms with Gasteiger partial charge in [0.15, 0.2) is 0 Å². The molecule has 5 heteroatoms. The number of carboxylic acids is 1. The molecule has 1 heterocycles. The van der Waals surface area contributed by atoms with Gasteiger partial charge in [-0.05, 0) is 37.0 Å². The van der Waals surface area contributed by atoms with Gasteiger partial charge in [-0.2, -0.15) is 0 Å². The maximum Gasteiger partial charge on any atom is 0.326 e. The van der Waals surface area contributed by atoms with Gasteiger partial charge >= 0.3 is 12.0 Å². The van der Waals surface area contributed by atoms with Crippen molar-refractivity contribution in [1.29, 1.82) is 0 Å². The van der Waals surface area contributed by atoms with Gasteiger partial charge < -0.3 is 15.3 Å². The number of carbonyl (C=O) groups is 2. The van der Waals surface area contributed by atoms with Crippen molar-refractivity contribution in [3.8, 4) is 0 Å². The summed E-state index contributed by atoms with van der Waals surface area (Å²) in [6, 6.07) is -0.746. The highest BCUT2D eigenvalue weighted by molar-refractivity contribution is 5.83. The zero-order valence-electron chi connectivity index (χ0n) is 13.4. The molecule has 3 atom stereocenters. The van der Waals surface area contributed by atoms with E-state index in [4.69, 9.17) is 0 Å². The average molecular weight is 296 g/mol. The van der Waals surface area contributed by atoms with Crippen LogP contribution in [0.2, 0.25) is 0 Å². The fourth-order valence-electron chi connectivity index (χ4n) is 3.79. The van der Waals surface area contributed by atoms with Crippen LogP contribution >= 0.6 is 0 Å². The zero-order chi connectivity index (χ0) is 15.6. The molecule has 2 aliphatic rings. The molecule has 0 spiro atoms. The second-order valence-corrected chi connectivity index (χ2v) is 7.33. The number of likely N-dealkylation sites (tertiary alicyclic amines) is 1. The Bertz CT molecular complexity index is 408. The molecule has 0 aromatic heterocycles. The van der Waals surface area contributed by atoms with E-state index in [1.807, 2.05) is 6.92 Å². The van der Waals surface area contributed by atoms with Gasteiger partial charge in [0.1, 0.15) is 6.04 Å². The number of carbonyl (C=O) groups excluding carboxylic acids is 1. The van der Waals surface area contributed by atoms with Crippen molar-refractivity contribution in [3.63, 3.8) is 0 Å². The first-order chi connectivity index (χ1) is 9.83. The van der Waals surface area contributed by atoms with E-state index in [1.165, 1.54) is 11.3 Å². The topological polar surface area (TPSA) is 69.6 Å². The fraction of sp³-hybridized carbons (Fsp3) is 0.875. The fourth-order valence-corrected chi connectivity index (χ4v) is 3.79. The first kappa shape index (κ1) is 16.1. The van der Waals surface area contributed by atoms with Gasteiger partial charge in [-0.25, -0.2) is 9.59 Å².